The van der Waals surface area contributed by atoms with E-state index in [2.05, 4.69) is 12.6 Å². The second-order valence-electron chi connectivity index (χ2n) is 2.32. The van der Waals surface area contributed by atoms with Crippen molar-refractivity contribution in [3.05, 3.63) is 28.7 Å². The van der Waals surface area contributed by atoms with E-state index < -0.39 is 0 Å². The van der Waals surface area contributed by atoms with Crippen molar-refractivity contribution in [1.82, 2.24) is 0 Å². The fourth-order valence-electron chi connectivity index (χ4n) is 0.877. The Morgan fingerprint density at radius 1 is 1.58 bits per heavy atom. The minimum Gasteiger partial charge on any atom is -0.393 e. The maximum atomic E-state index is 10.4. The minimum absolute atomic E-state index is 0.0560. The van der Waals surface area contributed by atoms with E-state index in [0.717, 1.165) is 5.56 Å². The molecule has 4 nitrogen and oxygen atoms in total. The second-order valence-corrected chi connectivity index (χ2v) is 2.64. The highest BCUT2D eigenvalue weighted by molar-refractivity contribution is 7.79. The maximum absolute atomic E-state index is 10.4. The smallest absolute Gasteiger partial charge is 0.339 e. The van der Waals surface area contributed by atoms with E-state index in [4.69, 9.17) is 10.9 Å². The summed E-state index contributed by atoms with van der Waals surface area (Å²) < 4.78 is 0. The molecule has 0 amide bonds. The fraction of sp³-hybridized carbons (Fsp3) is 0.143. The SMILES string of the molecule is Nc1cc(CS)ccc1[N+](=O)O. The largest absolute Gasteiger partial charge is 0.393 e. The highest BCUT2D eigenvalue weighted by Gasteiger charge is 2.15. The first-order valence-corrected chi connectivity index (χ1v) is 3.94. The summed E-state index contributed by atoms with van der Waals surface area (Å²) in [6.45, 7) is 0. The first kappa shape index (κ1) is 8.86. The van der Waals surface area contributed by atoms with Crippen molar-refractivity contribution in [3.8, 4) is 0 Å². The minimum atomic E-state index is -0.252. The standard InChI is InChI=1S/C7H8N2O2S/c8-6-3-5(4-12)1-2-7(6)9(10)11/h1-3H,4,8H2,(H-,10,11,12)/p+1. The number of nitrogens with two attached hydrogens (primary N) is 1. The van der Waals surface area contributed by atoms with Gasteiger partial charge in [0.05, 0.1) is 4.91 Å². The van der Waals surface area contributed by atoms with E-state index in [1.54, 1.807) is 12.1 Å². The van der Waals surface area contributed by atoms with Crippen molar-refractivity contribution in [2.75, 3.05) is 5.73 Å². The first-order chi connectivity index (χ1) is 5.65. The lowest BCUT2D eigenvalue weighted by atomic mass is 10.2. The number of nitrogens with zero attached hydrogens (tertiary/aromatic N) is 1. The Labute approximate surface area is 74.9 Å². The summed E-state index contributed by atoms with van der Waals surface area (Å²) in [6, 6.07) is 4.73. The Balaban J connectivity index is 3.12. The molecule has 0 saturated heterocycles. The lowest BCUT2D eigenvalue weighted by Crippen LogP contribution is -1.98. The molecule has 0 aliphatic heterocycles. The van der Waals surface area contributed by atoms with Gasteiger partial charge in [-0.2, -0.15) is 12.6 Å². The Morgan fingerprint density at radius 2 is 2.25 bits per heavy atom. The Bertz CT molecular complexity index is 314. The van der Waals surface area contributed by atoms with Crippen molar-refractivity contribution in [2.45, 2.75) is 5.75 Å². The van der Waals surface area contributed by atoms with Crippen LogP contribution in [0.3, 0.4) is 0 Å². The molecule has 0 bridgehead atoms. The van der Waals surface area contributed by atoms with Crippen molar-refractivity contribution in [3.63, 3.8) is 0 Å². The number of thiol groups is 1. The molecule has 0 aliphatic carbocycles. The van der Waals surface area contributed by atoms with E-state index in [1.807, 2.05) is 0 Å². The molecule has 0 fully saturated rings. The summed E-state index contributed by atoms with van der Waals surface area (Å²) in [5.74, 6) is 0.550. The van der Waals surface area contributed by atoms with Crippen molar-refractivity contribution >= 4 is 24.0 Å². The third-order valence-electron chi connectivity index (χ3n) is 1.48. The summed E-state index contributed by atoms with van der Waals surface area (Å²) in [6.07, 6.45) is 0. The van der Waals surface area contributed by atoms with Gasteiger partial charge in [-0.3, -0.25) is 0 Å². The number of anilines is 1. The van der Waals surface area contributed by atoms with Crippen molar-refractivity contribution in [2.24, 2.45) is 0 Å². The third kappa shape index (κ3) is 1.68. The van der Waals surface area contributed by atoms with Gasteiger partial charge in [0.25, 0.3) is 4.92 Å². The van der Waals surface area contributed by atoms with Crippen LogP contribution in [-0.4, -0.2) is 10.1 Å². The lowest BCUT2D eigenvalue weighted by Gasteiger charge is -1.96. The molecule has 0 aliphatic rings. The monoisotopic (exact) mass is 185 g/mol. The van der Waals surface area contributed by atoms with Gasteiger partial charge in [0, 0.05) is 11.8 Å². The molecule has 1 aromatic carbocycles. The zero-order chi connectivity index (χ0) is 9.14. The summed E-state index contributed by atoms with van der Waals surface area (Å²) in [7, 11) is 0. The van der Waals surface area contributed by atoms with E-state index in [9.17, 15) is 4.91 Å². The van der Waals surface area contributed by atoms with Crippen molar-refractivity contribution in [1.29, 1.82) is 0 Å². The van der Waals surface area contributed by atoms with Crippen molar-refractivity contribution < 1.29 is 10.1 Å². The summed E-state index contributed by atoms with van der Waals surface area (Å²) in [5, 5.41) is 8.55. The van der Waals surface area contributed by atoms with Gasteiger partial charge < -0.3 is 5.73 Å². The van der Waals surface area contributed by atoms with Crippen LogP contribution >= 0.6 is 12.6 Å². The molecule has 0 spiro atoms. The molecule has 1 aromatic rings. The van der Waals surface area contributed by atoms with Gasteiger partial charge in [0.1, 0.15) is 5.69 Å². The topological polar surface area (TPSA) is 66.3 Å². The molecular weight excluding hydrogens is 176 g/mol. The molecule has 3 N–H and O–H groups in total. The predicted molar refractivity (Wildman–Crippen MR) is 48.6 cm³/mol. The van der Waals surface area contributed by atoms with Gasteiger partial charge in [-0.1, -0.05) is 6.07 Å². The van der Waals surface area contributed by atoms with Crippen LogP contribution in [0, 0.1) is 4.91 Å². The molecule has 0 unspecified atom stereocenters. The second kappa shape index (κ2) is 3.44. The van der Waals surface area contributed by atoms with Crippen LogP contribution in [0.1, 0.15) is 5.56 Å². The molecule has 1 rings (SSSR count). The Hall–Kier alpha value is -1.23. The van der Waals surface area contributed by atoms with Gasteiger partial charge in [0.15, 0.2) is 0 Å². The summed E-state index contributed by atoms with van der Waals surface area (Å²) in [5.41, 5.74) is 6.67. The van der Waals surface area contributed by atoms with E-state index in [0.29, 0.717) is 5.75 Å². The summed E-state index contributed by atoms with van der Waals surface area (Å²) >= 11 is 4.03. The van der Waals surface area contributed by atoms with Gasteiger partial charge in [-0.15, -0.1) is 0 Å². The van der Waals surface area contributed by atoms with Gasteiger partial charge in [-0.25, -0.2) is 5.21 Å². The molecule has 0 heterocycles. The quantitative estimate of drug-likeness (QED) is 0.371. The van der Waals surface area contributed by atoms with Crippen LogP contribution in [0.4, 0.5) is 11.4 Å². The summed E-state index contributed by atoms with van der Waals surface area (Å²) in [4.78, 5) is 10.2. The average molecular weight is 185 g/mol. The predicted octanol–water partition coefficient (Wildman–Crippen LogP) is 1.50. The molecule has 0 atom stereocenters. The lowest BCUT2D eigenvalue weighted by molar-refractivity contribution is -0.729. The molecule has 12 heavy (non-hydrogen) atoms. The zero-order valence-electron chi connectivity index (χ0n) is 6.27. The van der Waals surface area contributed by atoms with Crippen LogP contribution in [0.15, 0.2) is 18.2 Å². The average Bonchev–Trinajstić information content (AvgIpc) is 2.03. The molecule has 0 aromatic heterocycles. The van der Waals surface area contributed by atoms with Crippen LogP contribution in [-0.2, 0) is 5.75 Å². The number of hydrogen-bond acceptors (Lipinski definition) is 3. The third-order valence-corrected chi connectivity index (χ3v) is 1.85. The van der Waals surface area contributed by atoms with Crippen LogP contribution < -0.4 is 5.73 Å². The Kier molecular flexibility index (Phi) is 2.54. The van der Waals surface area contributed by atoms with Gasteiger partial charge >= 0.3 is 5.69 Å². The molecular formula is C7H9N2O2S+. The molecule has 5 heteroatoms. The number of nitrogen functional groups attached to an aromatic ring is 1. The maximum Gasteiger partial charge on any atom is 0.339 e. The zero-order valence-corrected chi connectivity index (χ0v) is 7.16. The normalized spacial score (nSPS) is 9.75. The fourth-order valence-corrected chi connectivity index (χ4v) is 1.07. The van der Waals surface area contributed by atoms with E-state index in [-0.39, 0.29) is 16.3 Å². The Morgan fingerprint density at radius 3 is 2.67 bits per heavy atom. The highest BCUT2D eigenvalue weighted by atomic mass is 32.1. The first-order valence-electron chi connectivity index (χ1n) is 3.30. The number of benzene rings is 1. The van der Waals surface area contributed by atoms with Crippen LogP contribution in [0.2, 0.25) is 0 Å². The number of hydrogen-bond donors (Lipinski definition) is 3. The van der Waals surface area contributed by atoms with E-state index >= 15 is 0 Å². The molecule has 64 valence electrons. The highest BCUT2D eigenvalue weighted by Crippen LogP contribution is 2.21. The van der Waals surface area contributed by atoms with E-state index in [1.165, 1.54) is 6.07 Å². The molecule has 0 radical (unpaired) electrons. The number of rotatable bonds is 2. The van der Waals surface area contributed by atoms with Gasteiger partial charge in [0.2, 0.25) is 0 Å². The van der Waals surface area contributed by atoms with Crippen LogP contribution in [0.25, 0.3) is 0 Å². The van der Waals surface area contributed by atoms with Gasteiger partial charge in [-0.05, 0) is 11.6 Å². The van der Waals surface area contributed by atoms with Crippen LogP contribution in [0.5, 0.6) is 0 Å². The molecule has 0 saturated carbocycles.